The fourth-order valence-corrected chi connectivity index (χ4v) is 3.70. The van der Waals surface area contributed by atoms with Gasteiger partial charge in [-0.15, -0.1) is 0 Å². The largest absolute Gasteiger partial charge is 0.339 e. The normalized spacial score (nSPS) is 18.4. The molecule has 2 aliphatic heterocycles. The van der Waals surface area contributed by atoms with E-state index < -0.39 is 11.7 Å². The summed E-state index contributed by atoms with van der Waals surface area (Å²) in [6.45, 7) is 1.56. The average molecular weight is 381 g/mol. The Morgan fingerprint density at radius 1 is 1.07 bits per heavy atom. The number of hydrogen-bond donors (Lipinski definition) is 2. The minimum atomic E-state index is -0.699. The molecule has 1 saturated heterocycles. The molecule has 1 fully saturated rings. The molecular weight excluding hydrogens is 361 g/mol. The van der Waals surface area contributed by atoms with Crippen molar-refractivity contribution in [2.24, 2.45) is 0 Å². The minimum Gasteiger partial charge on any atom is -0.339 e. The molecule has 7 heteroatoms. The first-order valence-corrected chi connectivity index (χ1v) is 9.31. The molecule has 0 spiro atoms. The minimum absolute atomic E-state index is 0.00397. The van der Waals surface area contributed by atoms with Gasteiger partial charge >= 0.3 is 0 Å². The molecule has 2 aromatic carbocycles. The number of carbonyl (C=O) groups excluding carboxylic acids is 3. The molecule has 1 unspecified atom stereocenters. The lowest BCUT2D eigenvalue weighted by Gasteiger charge is -2.25. The Labute approximate surface area is 161 Å². The van der Waals surface area contributed by atoms with Crippen LogP contribution in [0.3, 0.4) is 0 Å². The summed E-state index contributed by atoms with van der Waals surface area (Å²) < 4.78 is 13.4. The number of amides is 3. The van der Waals surface area contributed by atoms with Crippen LogP contribution in [-0.4, -0.2) is 35.7 Å². The quantitative estimate of drug-likeness (QED) is 0.857. The number of likely N-dealkylation sites (tertiary alicyclic amines) is 1. The van der Waals surface area contributed by atoms with Gasteiger partial charge in [-0.2, -0.15) is 0 Å². The number of anilines is 2. The Kier molecular flexibility index (Phi) is 4.81. The Morgan fingerprint density at radius 3 is 2.50 bits per heavy atom. The lowest BCUT2D eigenvalue weighted by molar-refractivity contribution is -0.123. The van der Waals surface area contributed by atoms with Crippen LogP contribution in [0.4, 0.5) is 15.8 Å². The van der Waals surface area contributed by atoms with E-state index in [1.807, 2.05) is 4.90 Å². The van der Waals surface area contributed by atoms with E-state index in [1.165, 1.54) is 18.2 Å². The lowest BCUT2D eigenvalue weighted by Crippen LogP contribution is -2.31. The van der Waals surface area contributed by atoms with Gasteiger partial charge in [0.15, 0.2) is 0 Å². The summed E-state index contributed by atoms with van der Waals surface area (Å²) in [5, 5.41) is 5.38. The van der Waals surface area contributed by atoms with Crippen LogP contribution in [0.2, 0.25) is 0 Å². The van der Waals surface area contributed by atoms with E-state index in [0.29, 0.717) is 22.5 Å². The van der Waals surface area contributed by atoms with E-state index in [2.05, 4.69) is 10.6 Å². The van der Waals surface area contributed by atoms with Crippen LogP contribution in [-0.2, 0) is 9.59 Å². The first-order chi connectivity index (χ1) is 13.5. The monoisotopic (exact) mass is 381 g/mol. The zero-order chi connectivity index (χ0) is 19.7. The molecule has 28 heavy (non-hydrogen) atoms. The summed E-state index contributed by atoms with van der Waals surface area (Å²) >= 11 is 0. The zero-order valence-corrected chi connectivity index (χ0v) is 15.2. The number of halogens is 1. The third kappa shape index (κ3) is 3.60. The van der Waals surface area contributed by atoms with Crippen molar-refractivity contribution in [1.29, 1.82) is 0 Å². The molecule has 0 aliphatic carbocycles. The third-order valence-electron chi connectivity index (χ3n) is 5.16. The molecule has 2 N–H and O–H groups in total. The highest BCUT2D eigenvalue weighted by Gasteiger charge is 2.31. The Bertz CT molecular complexity index is 936. The van der Waals surface area contributed by atoms with Crippen molar-refractivity contribution in [3.63, 3.8) is 0 Å². The molecule has 6 nitrogen and oxygen atoms in total. The van der Waals surface area contributed by atoms with Crippen LogP contribution >= 0.6 is 0 Å². The van der Waals surface area contributed by atoms with E-state index in [-0.39, 0.29) is 24.1 Å². The van der Waals surface area contributed by atoms with Gasteiger partial charge in [0.25, 0.3) is 5.91 Å². The maximum absolute atomic E-state index is 13.4. The van der Waals surface area contributed by atoms with Crippen molar-refractivity contribution in [1.82, 2.24) is 4.90 Å². The summed E-state index contributed by atoms with van der Waals surface area (Å²) in [6, 6.07) is 10.7. The smallest absolute Gasteiger partial charge is 0.253 e. The molecule has 0 saturated carbocycles. The Morgan fingerprint density at radius 2 is 1.79 bits per heavy atom. The van der Waals surface area contributed by atoms with Gasteiger partial charge in [0.05, 0.1) is 5.92 Å². The van der Waals surface area contributed by atoms with Crippen LogP contribution < -0.4 is 10.6 Å². The fraction of sp³-hybridized carbons (Fsp3) is 0.286. The van der Waals surface area contributed by atoms with Crippen LogP contribution in [0, 0.1) is 5.82 Å². The van der Waals surface area contributed by atoms with E-state index >= 15 is 0 Å². The molecular formula is C21H20FN3O3. The van der Waals surface area contributed by atoms with Crippen molar-refractivity contribution in [2.75, 3.05) is 23.7 Å². The zero-order valence-electron chi connectivity index (χ0n) is 15.2. The van der Waals surface area contributed by atoms with Gasteiger partial charge in [0, 0.05) is 36.4 Å². The Balaban J connectivity index is 1.48. The number of carbonyl (C=O) groups is 3. The van der Waals surface area contributed by atoms with Gasteiger partial charge in [0.2, 0.25) is 11.8 Å². The predicted octanol–water partition coefficient (Wildman–Crippen LogP) is 3.13. The fourth-order valence-electron chi connectivity index (χ4n) is 3.70. The number of hydrogen-bond acceptors (Lipinski definition) is 3. The first-order valence-electron chi connectivity index (χ1n) is 9.31. The van der Waals surface area contributed by atoms with Gasteiger partial charge < -0.3 is 15.5 Å². The van der Waals surface area contributed by atoms with Crippen LogP contribution in [0.25, 0.3) is 0 Å². The number of rotatable bonds is 3. The average Bonchev–Trinajstić information content (AvgIpc) is 3.21. The molecule has 144 valence electrons. The molecule has 0 bridgehead atoms. The molecule has 4 rings (SSSR count). The van der Waals surface area contributed by atoms with E-state index in [9.17, 15) is 18.8 Å². The Hall–Kier alpha value is -3.22. The number of nitrogens with zero attached hydrogens (tertiary/aromatic N) is 1. The number of fused-ring (bicyclic) bond motifs is 1. The lowest BCUT2D eigenvalue weighted by atomic mass is 9.89. The number of benzene rings is 2. The van der Waals surface area contributed by atoms with Gasteiger partial charge in [-0.05, 0) is 54.8 Å². The summed E-state index contributed by atoms with van der Waals surface area (Å²) in [6.07, 6.45) is 2.05. The highest BCUT2D eigenvalue weighted by Crippen LogP contribution is 2.33. The third-order valence-corrected chi connectivity index (χ3v) is 5.16. The molecule has 2 heterocycles. The highest BCUT2D eigenvalue weighted by molar-refractivity contribution is 6.05. The van der Waals surface area contributed by atoms with E-state index in [4.69, 9.17) is 0 Å². The molecule has 0 radical (unpaired) electrons. The summed E-state index contributed by atoms with van der Waals surface area (Å²) in [5.74, 6) is -1.85. The maximum atomic E-state index is 13.4. The summed E-state index contributed by atoms with van der Waals surface area (Å²) in [7, 11) is 0. The van der Waals surface area contributed by atoms with Crippen molar-refractivity contribution < 1.29 is 18.8 Å². The molecule has 2 aromatic rings. The molecule has 2 aliphatic rings. The standard InChI is InChI=1S/C21H20FN3O3/c22-14-5-8-16-17(12-19(26)24-18(16)11-14)20(27)23-15-6-3-13(4-7-15)21(28)25-9-1-2-10-25/h3-8,11,17H,1-2,9-10,12H2,(H,23,27)(H,24,26). The van der Waals surface area contributed by atoms with E-state index in [0.717, 1.165) is 25.9 Å². The van der Waals surface area contributed by atoms with Crippen LogP contribution in [0.5, 0.6) is 0 Å². The van der Waals surface area contributed by atoms with Crippen LogP contribution in [0.15, 0.2) is 42.5 Å². The first kappa shape index (κ1) is 18.2. The highest BCUT2D eigenvalue weighted by atomic mass is 19.1. The topological polar surface area (TPSA) is 78.5 Å². The van der Waals surface area contributed by atoms with Crippen molar-refractivity contribution in [2.45, 2.75) is 25.2 Å². The van der Waals surface area contributed by atoms with Gasteiger partial charge in [-0.3, -0.25) is 14.4 Å². The maximum Gasteiger partial charge on any atom is 0.253 e. The second-order valence-electron chi connectivity index (χ2n) is 7.10. The molecule has 1 atom stereocenters. The number of nitrogens with one attached hydrogen (secondary N) is 2. The summed E-state index contributed by atoms with van der Waals surface area (Å²) in [4.78, 5) is 38.8. The molecule has 3 amide bonds. The summed E-state index contributed by atoms with van der Waals surface area (Å²) in [5.41, 5.74) is 2.03. The van der Waals surface area contributed by atoms with Crippen molar-refractivity contribution in [3.8, 4) is 0 Å². The van der Waals surface area contributed by atoms with E-state index in [1.54, 1.807) is 24.3 Å². The van der Waals surface area contributed by atoms with Gasteiger partial charge in [-0.1, -0.05) is 6.07 Å². The predicted molar refractivity (Wildman–Crippen MR) is 103 cm³/mol. The van der Waals surface area contributed by atoms with Crippen molar-refractivity contribution in [3.05, 3.63) is 59.4 Å². The molecule has 0 aromatic heterocycles. The second-order valence-corrected chi connectivity index (χ2v) is 7.10. The SMILES string of the molecule is O=C1CC(C(=O)Nc2ccc(C(=O)N3CCCC3)cc2)c2ccc(F)cc2N1. The second kappa shape index (κ2) is 7.42. The van der Waals surface area contributed by atoms with Crippen molar-refractivity contribution >= 4 is 29.1 Å². The van der Waals surface area contributed by atoms with Gasteiger partial charge in [-0.25, -0.2) is 4.39 Å². The van der Waals surface area contributed by atoms with Gasteiger partial charge in [0.1, 0.15) is 5.82 Å². The van der Waals surface area contributed by atoms with Crippen LogP contribution in [0.1, 0.15) is 41.1 Å².